The van der Waals surface area contributed by atoms with E-state index in [1.54, 1.807) is 0 Å². The third kappa shape index (κ3) is 3.99. The van der Waals surface area contributed by atoms with E-state index in [9.17, 15) is 0 Å². The van der Waals surface area contributed by atoms with Gasteiger partial charge in [-0.05, 0) is 30.4 Å². The van der Waals surface area contributed by atoms with Crippen LogP contribution in [0.25, 0.3) is 0 Å². The zero-order valence-corrected chi connectivity index (χ0v) is 12.6. The highest BCUT2D eigenvalue weighted by Crippen LogP contribution is 2.40. The van der Waals surface area contributed by atoms with E-state index in [1.165, 1.54) is 49.2 Å². The van der Waals surface area contributed by atoms with Crippen LogP contribution >= 0.6 is 27.7 Å². The van der Waals surface area contributed by atoms with Crippen molar-refractivity contribution in [2.45, 2.75) is 43.4 Å². The molecule has 0 bridgehead atoms. The topological polar surface area (TPSA) is 12.9 Å². The number of nitrogens with zero attached hydrogens (tertiary/aromatic N) is 1. The minimum atomic E-state index is 0.518. The highest BCUT2D eigenvalue weighted by atomic mass is 79.9. The lowest BCUT2D eigenvalue weighted by molar-refractivity contribution is 0.334. The molecule has 0 radical (unpaired) electrons. The Morgan fingerprint density at radius 1 is 1.12 bits per heavy atom. The van der Waals surface area contributed by atoms with Crippen LogP contribution in [0.2, 0.25) is 0 Å². The number of pyridine rings is 1. The molecule has 0 amide bonds. The van der Waals surface area contributed by atoms with Crippen LogP contribution in [0.4, 0.5) is 0 Å². The molecule has 17 heavy (non-hydrogen) atoms. The summed E-state index contributed by atoms with van der Waals surface area (Å²) in [4.78, 5) is 5.42. The first-order valence-electron chi connectivity index (χ1n) is 6.43. The lowest BCUT2D eigenvalue weighted by atomic mass is 9.85. The van der Waals surface area contributed by atoms with E-state index in [-0.39, 0.29) is 0 Å². The van der Waals surface area contributed by atoms with Crippen LogP contribution in [0.3, 0.4) is 0 Å². The second kappa shape index (κ2) is 6.79. The molecule has 0 unspecified atom stereocenters. The molecule has 0 aromatic carbocycles. The fraction of sp³-hybridized carbons (Fsp3) is 0.643. The Labute approximate surface area is 117 Å². The van der Waals surface area contributed by atoms with Gasteiger partial charge in [0.05, 0.1) is 0 Å². The van der Waals surface area contributed by atoms with Crippen LogP contribution in [-0.2, 0) is 0 Å². The summed E-state index contributed by atoms with van der Waals surface area (Å²) in [6, 6.07) is 4.23. The molecule has 1 aliphatic carbocycles. The van der Waals surface area contributed by atoms with Crippen LogP contribution in [0, 0.1) is 5.41 Å². The van der Waals surface area contributed by atoms with E-state index in [4.69, 9.17) is 0 Å². The minimum Gasteiger partial charge on any atom is -0.265 e. The molecule has 1 nitrogen and oxygen atoms in total. The summed E-state index contributed by atoms with van der Waals surface area (Å²) in [5.41, 5.74) is 0.518. The summed E-state index contributed by atoms with van der Waals surface area (Å²) in [5, 5.41) is 1.15. The molecule has 0 spiro atoms. The molecule has 0 aliphatic heterocycles. The van der Waals surface area contributed by atoms with Crippen molar-refractivity contribution in [1.29, 1.82) is 0 Å². The largest absolute Gasteiger partial charge is 0.265 e. The van der Waals surface area contributed by atoms with Gasteiger partial charge in [-0.3, -0.25) is 4.98 Å². The van der Waals surface area contributed by atoms with Crippen LogP contribution in [0.5, 0.6) is 0 Å². The molecule has 1 aliphatic rings. The van der Waals surface area contributed by atoms with Crippen LogP contribution < -0.4 is 0 Å². The normalized spacial score (nSPS) is 19.8. The second-order valence-electron chi connectivity index (χ2n) is 5.02. The maximum Gasteiger partial charge on any atom is 0.0278 e. The van der Waals surface area contributed by atoms with Gasteiger partial charge in [-0.25, -0.2) is 0 Å². The molecule has 0 saturated heterocycles. The van der Waals surface area contributed by atoms with E-state index in [0.29, 0.717) is 5.41 Å². The molecule has 0 N–H and O–H groups in total. The smallest absolute Gasteiger partial charge is 0.0278 e. The van der Waals surface area contributed by atoms with Gasteiger partial charge in [0.2, 0.25) is 0 Å². The van der Waals surface area contributed by atoms with Gasteiger partial charge in [0, 0.05) is 28.4 Å². The zero-order valence-electron chi connectivity index (χ0n) is 10.2. The van der Waals surface area contributed by atoms with E-state index < -0.39 is 0 Å². The number of halogens is 1. The van der Waals surface area contributed by atoms with Crippen LogP contribution in [-0.4, -0.2) is 16.1 Å². The molecular weight excluding hydrogens is 294 g/mol. The summed E-state index contributed by atoms with van der Waals surface area (Å²) in [7, 11) is 0. The number of alkyl halides is 1. The van der Waals surface area contributed by atoms with Gasteiger partial charge in [0.1, 0.15) is 0 Å². The predicted molar refractivity (Wildman–Crippen MR) is 78.9 cm³/mol. The Morgan fingerprint density at radius 2 is 1.76 bits per heavy atom. The van der Waals surface area contributed by atoms with Crippen molar-refractivity contribution >= 4 is 27.7 Å². The third-order valence-electron chi connectivity index (χ3n) is 3.64. The Hall–Kier alpha value is -0.0200. The average molecular weight is 314 g/mol. The monoisotopic (exact) mass is 313 g/mol. The van der Waals surface area contributed by atoms with Crippen molar-refractivity contribution in [2.24, 2.45) is 5.41 Å². The Bertz CT molecular complexity index is 320. The van der Waals surface area contributed by atoms with Crippen molar-refractivity contribution in [3.63, 3.8) is 0 Å². The first-order valence-corrected chi connectivity index (χ1v) is 8.54. The molecule has 94 valence electrons. The number of aromatic nitrogens is 1. The average Bonchev–Trinajstić information content (AvgIpc) is 2.64. The number of rotatable bonds is 4. The lowest BCUT2D eigenvalue weighted by Gasteiger charge is -2.30. The summed E-state index contributed by atoms with van der Waals surface area (Å²) < 4.78 is 0. The van der Waals surface area contributed by atoms with Gasteiger partial charge in [-0.2, -0.15) is 0 Å². The zero-order chi connectivity index (χ0) is 12.0. The Balaban J connectivity index is 1.94. The first-order chi connectivity index (χ1) is 8.35. The SMILES string of the molecule is BrCC1(CSc2ccncc2)CCCCCC1. The molecule has 1 heterocycles. The number of thioether (sulfide) groups is 1. The summed E-state index contributed by atoms with van der Waals surface area (Å²) in [5.74, 6) is 1.24. The van der Waals surface area contributed by atoms with Gasteiger partial charge >= 0.3 is 0 Å². The molecular formula is C14H20BrNS. The van der Waals surface area contributed by atoms with E-state index in [1.807, 2.05) is 24.2 Å². The van der Waals surface area contributed by atoms with Gasteiger partial charge in [0.15, 0.2) is 0 Å². The van der Waals surface area contributed by atoms with Gasteiger partial charge in [-0.1, -0.05) is 41.6 Å². The van der Waals surface area contributed by atoms with E-state index in [0.717, 1.165) is 5.33 Å². The predicted octanol–water partition coefficient (Wildman–Crippen LogP) is 4.91. The van der Waals surface area contributed by atoms with Crippen LogP contribution in [0.1, 0.15) is 38.5 Å². The number of hydrogen-bond donors (Lipinski definition) is 0. The fourth-order valence-corrected chi connectivity index (χ4v) is 4.67. The quantitative estimate of drug-likeness (QED) is 0.445. The molecule has 2 rings (SSSR count). The summed E-state index contributed by atoms with van der Waals surface area (Å²) in [6.07, 6.45) is 12.2. The van der Waals surface area contributed by atoms with Crippen molar-refractivity contribution in [2.75, 3.05) is 11.1 Å². The first kappa shape index (κ1) is 13.4. The highest BCUT2D eigenvalue weighted by Gasteiger charge is 2.29. The maximum absolute atomic E-state index is 4.07. The standard InChI is InChI=1S/C14H20BrNS/c15-11-14(7-3-1-2-4-8-14)12-17-13-5-9-16-10-6-13/h5-6,9-10H,1-4,7-8,11-12H2. The number of hydrogen-bond acceptors (Lipinski definition) is 2. The van der Waals surface area contributed by atoms with Crippen molar-refractivity contribution in [1.82, 2.24) is 4.98 Å². The Kier molecular flexibility index (Phi) is 5.36. The van der Waals surface area contributed by atoms with Gasteiger partial charge in [0.25, 0.3) is 0 Å². The van der Waals surface area contributed by atoms with Crippen molar-refractivity contribution < 1.29 is 0 Å². The molecule has 1 saturated carbocycles. The molecule has 3 heteroatoms. The minimum absolute atomic E-state index is 0.518. The fourth-order valence-electron chi connectivity index (χ4n) is 2.47. The summed E-state index contributed by atoms with van der Waals surface area (Å²) >= 11 is 5.74. The molecule has 1 aromatic heterocycles. The molecule has 0 atom stereocenters. The molecule has 1 aromatic rings. The Morgan fingerprint density at radius 3 is 2.35 bits per heavy atom. The van der Waals surface area contributed by atoms with Gasteiger partial charge in [-0.15, -0.1) is 11.8 Å². The van der Waals surface area contributed by atoms with E-state index >= 15 is 0 Å². The van der Waals surface area contributed by atoms with Crippen LogP contribution in [0.15, 0.2) is 29.4 Å². The summed E-state index contributed by atoms with van der Waals surface area (Å²) in [6.45, 7) is 0. The van der Waals surface area contributed by atoms with E-state index in [2.05, 4.69) is 33.0 Å². The van der Waals surface area contributed by atoms with Crippen molar-refractivity contribution in [3.05, 3.63) is 24.5 Å². The second-order valence-corrected chi connectivity index (χ2v) is 6.63. The lowest BCUT2D eigenvalue weighted by Crippen LogP contribution is -2.25. The maximum atomic E-state index is 4.07. The third-order valence-corrected chi connectivity index (χ3v) is 6.19. The highest BCUT2D eigenvalue weighted by molar-refractivity contribution is 9.09. The van der Waals surface area contributed by atoms with Crippen molar-refractivity contribution in [3.8, 4) is 0 Å². The molecule has 1 fully saturated rings. The van der Waals surface area contributed by atoms with Gasteiger partial charge < -0.3 is 0 Å².